The van der Waals surface area contributed by atoms with Gasteiger partial charge >= 0.3 is 0 Å². The molecule has 0 heterocycles. The van der Waals surface area contributed by atoms with Gasteiger partial charge in [0.2, 0.25) is 0 Å². The van der Waals surface area contributed by atoms with Gasteiger partial charge in [0.1, 0.15) is 0 Å². The third-order valence-electron chi connectivity index (χ3n) is 2.47. The molecule has 0 unspecified atom stereocenters. The molecular weight excluding hydrogens is 192 g/mol. The van der Waals surface area contributed by atoms with E-state index >= 15 is 0 Å². The van der Waals surface area contributed by atoms with Crippen LogP contribution in [0.25, 0.3) is 10.8 Å². The van der Waals surface area contributed by atoms with Crippen LogP contribution < -0.4 is 0 Å². The average Bonchev–Trinajstić information content (AvgIpc) is 2.39. The first-order valence-electron chi connectivity index (χ1n) is 6.24. The van der Waals surface area contributed by atoms with Gasteiger partial charge in [-0.1, -0.05) is 64.1 Å². The molecule has 0 aliphatic carbocycles. The van der Waals surface area contributed by atoms with Crippen molar-refractivity contribution in [3.8, 4) is 0 Å². The summed E-state index contributed by atoms with van der Waals surface area (Å²) in [6, 6.07) is 12.9. The third-order valence-corrected chi connectivity index (χ3v) is 2.47. The smallest absolute Gasteiger partial charge is 0.0152 e. The summed E-state index contributed by atoms with van der Waals surface area (Å²) in [7, 11) is 0. The molecule has 0 atom stereocenters. The molecule has 0 nitrogen and oxygen atoms in total. The molecule has 2 rings (SSSR count). The molecule has 0 aliphatic heterocycles. The van der Waals surface area contributed by atoms with Crippen molar-refractivity contribution < 1.29 is 0 Å². The van der Waals surface area contributed by atoms with E-state index in [1.165, 1.54) is 21.9 Å². The normalized spacial score (nSPS) is 8.62. The number of hydrogen-bond acceptors (Lipinski definition) is 0. The first kappa shape index (κ1) is 14.7. The quantitative estimate of drug-likeness (QED) is 0.544. The van der Waals surface area contributed by atoms with Gasteiger partial charge < -0.3 is 0 Å². The standard InChI is InChI=1S/C12H12.2C2H6/c1-9-7-8-11-5-3-4-6-12(11)10(9)2;2*1-2/h3-8H,1-2H3;2*1-2H3. The summed E-state index contributed by atoms with van der Waals surface area (Å²) in [6.45, 7) is 12.3. The van der Waals surface area contributed by atoms with Crippen LogP contribution in [-0.2, 0) is 0 Å². The highest BCUT2D eigenvalue weighted by molar-refractivity contribution is 5.86. The number of hydrogen-bond donors (Lipinski definition) is 0. The van der Waals surface area contributed by atoms with E-state index in [1.54, 1.807) is 0 Å². The van der Waals surface area contributed by atoms with E-state index in [2.05, 4.69) is 50.2 Å². The van der Waals surface area contributed by atoms with Gasteiger partial charge in [-0.2, -0.15) is 0 Å². The molecule has 0 aliphatic rings. The second kappa shape index (κ2) is 7.92. The molecule has 2 aromatic carbocycles. The minimum Gasteiger partial charge on any atom is -0.0683 e. The first-order valence-corrected chi connectivity index (χ1v) is 6.24. The monoisotopic (exact) mass is 216 g/mol. The van der Waals surface area contributed by atoms with Gasteiger partial charge in [-0.25, -0.2) is 0 Å². The van der Waals surface area contributed by atoms with E-state index in [0.29, 0.717) is 0 Å². The molecule has 88 valence electrons. The third kappa shape index (κ3) is 3.37. The van der Waals surface area contributed by atoms with Crippen LogP contribution in [0.2, 0.25) is 0 Å². The van der Waals surface area contributed by atoms with Crippen LogP contribution in [0.1, 0.15) is 38.8 Å². The largest absolute Gasteiger partial charge is 0.0683 e. The Hall–Kier alpha value is -1.30. The summed E-state index contributed by atoms with van der Waals surface area (Å²) in [5.41, 5.74) is 2.77. The number of rotatable bonds is 0. The van der Waals surface area contributed by atoms with Gasteiger partial charge in [-0.3, -0.25) is 0 Å². The Bertz CT molecular complexity index is 413. The number of fused-ring (bicyclic) bond motifs is 1. The lowest BCUT2D eigenvalue weighted by atomic mass is 10.0. The zero-order valence-corrected chi connectivity index (χ0v) is 11.5. The summed E-state index contributed by atoms with van der Waals surface area (Å²) in [4.78, 5) is 0. The van der Waals surface area contributed by atoms with Gasteiger partial charge in [0, 0.05) is 0 Å². The Kier molecular flexibility index (Phi) is 7.28. The highest BCUT2D eigenvalue weighted by Crippen LogP contribution is 2.20. The first-order chi connectivity index (χ1) is 7.79. The van der Waals surface area contributed by atoms with Gasteiger partial charge in [0.15, 0.2) is 0 Å². The molecule has 0 amide bonds. The van der Waals surface area contributed by atoms with Crippen LogP contribution in [0, 0.1) is 13.8 Å². The summed E-state index contributed by atoms with van der Waals surface area (Å²) in [6.07, 6.45) is 0. The van der Waals surface area contributed by atoms with E-state index < -0.39 is 0 Å². The van der Waals surface area contributed by atoms with Crippen molar-refractivity contribution in [3.63, 3.8) is 0 Å². The minimum atomic E-state index is 1.33. The maximum absolute atomic E-state index is 2.18. The molecule has 0 N–H and O–H groups in total. The molecule has 0 heteroatoms. The van der Waals surface area contributed by atoms with Crippen molar-refractivity contribution in [1.82, 2.24) is 0 Å². The Morgan fingerprint density at radius 1 is 0.688 bits per heavy atom. The maximum Gasteiger partial charge on any atom is -0.0152 e. The van der Waals surface area contributed by atoms with Crippen molar-refractivity contribution in [2.45, 2.75) is 41.5 Å². The summed E-state index contributed by atoms with van der Waals surface area (Å²) in [5.74, 6) is 0. The van der Waals surface area contributed by atoms with Crippen molar-refractivity contribution in [1.29, 1.82) is 0 Å². The van der Waals surface area contributed by atoms with Crippen molar-refractivity contribution in [3.05, 3.63) is 47.5 Å². The van der Waals surface area contributed by atoms with Gasteiger partial charge in [-0.15, -0.1) is 0 Å². The van der Waals surface area contributed by atoms with Gasteiger partial charge in [-0.05, 0) is 35.7 Å². The number of aryl methyl sites for hydroxylation is 2. The molecule has 0 fully saturated rings. The molecule has 0 spiro atoms. The zero-order chi connectivity index (χ0) is 12.6. The lowest BCUT2D eigenvalue weighted by molar-refractivity contribution is 1.38. The van der Waals surface area contributed by atoms with E-state index in [0.717, 1.165) is 0 Å². The maximum atomic E-state index is 2.18. The Morgan fingerprint density at radius 3 is 1.88 bits per heavy atom. The summed E-state index contributed by atoms with van der Waals surface area (Å²) >= 11 is 0. The molecule has 2 aromatic rings. The summed E-state index contributed by atoms with van der Waals surface area (Å²) in [5, 5.41) is 2.71. The van der Waals surface area contributed by atoms with Crippen LogP contribution in [0.5, 0.6) is 0 Å². The van der Waals surface area contributed by atoms with Gasteiger partial charge in [0.05, 0.1) is 0 Å². The Balaban J connectivity index is 0.000000509. The summed E-state index contributed by atoms with van der Waals surface area (Å²) < 4.78 is 0. The molecule has 0 aromatic heterocycles. The predicted octanol–water partition coefficient (Wildman–Crippen LogP) is 5.51. The van der Waals surface area contributed by atoms with E-state index in [4.69, 9.17) is 0 Å². The fourth-order valence-electron chi connectivity index (χ4n) is 1.54. The fraction of sp³-hybridized carbons (Fsp3) is 0.375. The SMILES string of the molecule is CC.CC.Cc1ccc2ccccc2c1C. The molecule has 0 bridgehead atoms. The van der Waals surface area contributed by atoms with Crippen LogP contribution in [0.3, 0.4) is 0 Å². The van der Waals surface area contributed by atoms with Crippen LogP contribution in [0.15, 0.2) is 36.4 Å². The van der Waals surface area contributed by atoms with Crippen molar-refractivity contribution >= 4 is 10.8 Å². The second-order valence-corrected chi connectivity index (χ2v) is 3.23. The minimum absolute atomic E-state index is 1.33. The molecule has 0 radical (unpaired) electrons. The lowest BCUT2D eigenvalue weighted by Crippen LogP contribution is -1.82. The molecule has 16 heavy (non-hydrogen) atoms. The Morgan fingerprint density at radius 2 is 1.25 bits per heavy atom. The van der Waals surface area contributed by atoms with Gasteiger partial charge in [0.25, 0.3) is 0 Å². The molecule has 0 saturated heterocycles. The highest BCUT2D eigenvalue weighted by Gasteiger charge is 1.97. The second-order valence-electron chi connectivity index (χ2n) is 3.23. The van der Waals surface area contributed by atoms with E-state index in [-0.39, 0.29) is 0 Å². The molecule has 0 saturated carbocycles. The van der Waals surface area contributed by atoms with Crippen LogP contribution in [-0.4, -0.2) is 0 Å². The topological polar surface area (TPSA) is 0 Å². The molecular formula is C16H24. The predicted molar refractivity (Wildman–Crippen MR) is 76.1 cm³/mol. The Labute approximate surface area is 100 Å². The highest BCUT2D eigenvalue weighted by atomic mass is 14.0. The van der Waals surface area contributed by atoms with Crippen molar-refractivity contribution in [2.24, 2.45) is 0 Å². The zero-order valence-electron chi connectivity index (χ0n) is 11.5. The fourth-order valence-corrected chi connectivity index (χ4v) is 1.54. The lowest BCUT2D eigenvalue weighted by Gasteiger charge is -2.04. The average molecular weight is 216 g/mol. The van der Waals surface area contributed by atoms with Crippen LogP contribution in [0.4, 0.5) is 0 Å². The van der Waals surface area contributed by atoms with Crippen molar-refractivity contribution in [2.75, 3.05) is 0 Å². The van der Waals surface area contributed by atoms with Crippen LogP contribution >= 0.6 is 0 Å². The number of benzene rings is 2. The van der Waals surface area contributed by atoms with E-state index in [1.807, 2.05) is 27.7 Å². The van der Waals surface area contributed by atoms with E-state index in [9.17, 15) is 0 Å².